The van der Waals surface area contributed by atoms with E-state index in [-0.39, 0.29) is 35.6 Å². The molecule has 0 bridgehead atoms. The molecule has 1 amide bonds. The zero-order valence-electron chi connectivity index (χ0n) is 16.3. The Morgan fingerprint density at radius 3 is 2.58 bits per heavy atom. The van der Waals surface area contributed by atoms with Gasteiger partial charge in [-0.2, -0.15) is 17.6 Å². The lowest BCUT2D eigenvalue weighted by Gasteiger charge is -2.39. The van der Waals surface area contributed by atoms with E-state index < -0.39 is 19.4 Å². The molecule has 1 N–H and O–H groups in total. The van der Waals surface area contributed by atoms with Gasteiger partial charge in [-0.15, -0.1) is 0 Å². The summed E-state index contributed by atoms with van der Waals surface area (Å²) < 4.78 is 65.9. The van der Waals surface area contributed by atoms with E-state index in [1.807, 2.05) is 0 Å². The first-order valence-electron chi connectivity index (χ1n) is 9.74. The quantitative estimate of drug-likeness (QED) is 0.636. The van der Waals surface area contributed by atoms with Gasteiger partial charge in [-0.25, -0.2) is 0 Å². The summed E-state index contributed by atoms with van der Waals surface area (Å²) >= 11 is 0. The number of ether oxygens (including phenoxy) is 3. The van der Waals surface area contributed by atoms with Gasteiger partial charge < -0.3 is 24.4 Å². The van der Waals surface area contributed by atoms with Crippen LogP contribution < -0.4 is 14.8 Å². The third-order valence-corrected chi connectivity index (χ3v) is 5.17. The van der Waals surface area contributed by atoms with E-state index in [4.69, 9.17) is 4.74 Å². The number of carbonyl (C=O) groups is 1. The van der Waals surface area contributed by atoms with Gasteiger partial charge in [-0.3, -0.25) is 4.79 Å². The second kappa shape index (κ2) is 9.01. The zero-order valence-corrected chi connectivity index (χ0v) is 16.3. The highest BCUT2D eigenvalue weighted by Gasteiger charge is 2.37. The molecule has 10 heteroatoms. The molecule has 0 spiro atoms. The highest BCUT2D eigenvalue weighted by atomic mass is 19.3. The molecule has 2 heterocycles. The molecule has 0 unspecified atom stereocenters. The molecule has 2 aromatic rings. The van der Waals surface area contributed by atoms with Crippen LogP contribution in [0.25, 0.3) is 0 Å². The number of hydrogen-bond donors (Lipinski definition) is 1. The first-order chi connectivity index (χ1) is 14.9. The molecule has 2 aliphatic rings. The fourth-order valence-electron chi connectivity index (χ4n) is 3.85. The number of fused-ring (bicyclic) bond motifs is 1. The Hall–Kier alpha value is -3.01. The van der Waals surface area contributed by atoms with Crippen LogP contribution in [0.3, 0.4) is 0 Å². The van der Waals surface area contributed by atoms with Crippen molar-refractivity contribution in [2.45, 2.75) is 38.3 Å². The number of carbonyl (C=O) groups excluding carboxylic acids is 1. The Kier molecular flexibility index (Phi) is 6.17. The van der Waals surface area contributed by atoms with Gasteiger partial charge in [-0.1, -0.05) is 12.1 Å². The van der Waals surface area contributed by atoms with Crippen molar-refractivity contribution < 1.29 is 36.6 Å². The smallest absolute Gasteiger partial charge is 0.387 e. The van der Waals surface area contributed by atoms with Crippen molar-refractivity contribution in [1.82, 2.24) is 4.90 Å². The molecule has 6 nitrogen and oxygen atoms in total. The minimum absolute atomic E-state index is 0.183. The summed E-state index contributed by atoms with van der Waals surface area (Å²) in [7, 11) is 0. The minimum atomic E-state index is -3.20. The van der Waals surface area contributed by atoms with Gasteiger partial charge in [0, 0.05) is 30.5 Å². The maximum absolute atomic E-state index is 13.3. The summed E-state index contributed by atoms with van der Waals surface area (Å²) in [5.41, 5.74) is 1.14. The molecule has 31 heavy (non-hydrogen) atoms. The first-order valence-corrected chi connectivity index (χ1v) is 9.74. The number of rotatable bonds is 7. The van der Waals surface area contributed by atoms with Crippen molar-refractivity contribution in [3.8, 4) is 11.5 Å². The van der Waals surface area contributed by atoms with E-state index in [0.717, 1.165) is 18.9 Å². The van der Waals surface area contributed by atoms with Crippen LogP contribution in [-0.4, -0.2) is 43.3 Å². The molecular weight excluding hydrogens is 420 g/mol. The Bertz CT molecular complexity index is 937. The van der Waals surface area contributed by atoms with Crippen LogP contribution in [0.2, 0.25) is 0 Å². The van der Waals surface area contributed by atoms with Crippen molar-refractivity contribution in [2.75, 3.05) is 18.5 Å². The molecule has 166 valence electrons. The predicted octanol–water partition coefficient (Wildman–Crippen LogP) is 4.63. The number of amides is 1. The van der Waals surface area contributed by atoms with Gasteiger partial charge >= 0.3 is 13.2 Å². The molecule has 0 aromatic heterocycles. The monoisotopic (exact) mass is 440 g/mol. The van der Waals surface area contributed by atoms with E-state index >= 15 is 0 Å². The molecule has 0 radical (unpaired) electrons. The summed E-state index contributed by atoms with van der Waals surface area (Å²) in [6.07, 6.45) is 0.556. The van der Waals surface area contributed by atoms with Crippen LogP contribution in [0.4, 0.5) is 23.2 Å². The SMILES string of the molecule is O=C1c2ccccc2N[C@@H](c2ccc(OC(F)F)cc2OC(F)F)N1C[C@H]1CCCO1. The first kappa shape index (κ1) is 21.2. The maximum Gasteiger partial charge on any atom is 0.387 e. The third kappa shape index (κ3) is 4.68. The summed E-state index contributed by atoms with van der Waals surface area (Å²) in [6.45, 7) is -5.50. The second-order valence-electron chi connectivity index (χ2n) is 7.14. The fraction of sp³-hybridized carbons (Fsp3) is 0.381. The summed E-state index contributed by atoms with van der Waals surface area (Å²) in [4.78, 5) is 14.7. The molecule has 2 aliphatic heterocycles. The molecule has 0 saturated carbocycles. The fourth-order valence-corrected chi connectivity index (χ4v) is 3.85. The molecule has 1 saturated heterocycles. The third-order valence-electron chi connectivity index (χ3n) is 5.17. The number of nitrogens with zero attached hydrogens (tertiary/aromatic N) is 1. The Balaban J connectivity index is 1.74. The lowest BCUT2D eigenvalue weighted by molar-refractivity contribution is -0.0550. The van der Waals surface area contributed by atoms with Gasteiger partial charge in [0.25, 0.3) is 5.91 Å². The highest BCUT2D eigenvalue weighted by molar-refractivity contribution is 6.01. The van der Waals surface area contributed by atoms with Crippen molar-refractivity contribution in [3.05, 3.63) is 53.6 Å². The number of hydrogen-bond acceptors (Lipinski definition) is 5. The average molecular weight is 440 g/mol. The Labute approximate surface area is 175 Å². The number of nitrogens with one attached hydrogen (secondary N) is 1. The molecule has 4 rings (SSSR count). The largest absolute Gasteiger partial charge is 0.435 e. The molecule has 2 atom stereocenters. The predicted molar refractivity (Wildman–Crippen MR) is 103 cm³/mol. The summed E-state index contributed by atoms with van der Waals surface area (Å²) in [6, 6.07) is 10.3. The number of para-hydroxylation sites is 1. The number of benzene rings is 2. The van der Waals surface area contributed by atoms with Crippen LogP contribution in [0.15, 0.2) is 42.5 Å². The number of anilines is 1. The van der Waals surface area contributed by atoms with Crippen molar-refractivity contribution in [2.24, 2.45) is 0 Å². The van der Waals surface area contributed by atoms with Crippen LogP contribution in [0.5, 0.6) is 11.5 Å². The number of alkyl halides is 4. The minimum Gasteiger partial charge on any atom is -0.435 e. The van der Waals surface area contributed by atoms with Crippen LogP contribution in [0.1, 0.15) is 34.9 Å². The van der Waals surface area contributed by atoms with Crippen molar-refractivity contribution >= 4 is 11.6 Å². The summed E-state index contributed by atoms with van der Waals surface area (Å²) in [5, 5.41) is 3.18. The lowest BCUT2D eigenvalue weighted by atomic mass is 10.0. The van der Waals surface area contributed by atoms with E-state index in [9.17, 15) is 22.4 Å². The molecule has 1 fully saturated rings. The van der Waals surface area contributed by atoms with Crippen LogP contribution in [-0.2, 0) is 4.74 Å². The van der Waals surface area contributed by atoms with Crippen molar-refractivity contribution in [3.63, 3.8) is 0 Å². The standard InChI is InChI=1S/C21H20F4N2O4/c22-20(23)30-12-7-8-15(17(10-12)31-21(24)25)18-26-16-6-2-1-5-14(16)19(28)27(18)11-13-4-3-9-29-13/h1-2,5-8,10,13,18,20-21,26H,3-4,9,11H2/t13-,18-/m1/s1. The topological polar surface area (TPSA) is 60.0 Å². The highest BCUT2D eigenvalue weighted by Crippen LogP contribution is 2.39. The molecule has 0 aliphatic carbocycles. The molecular formula is C21H20F4N2O4. The van der Waals surface area contributed by atoms with Gasteiger partial charge in [0.1, 0.15) is 17.7 Å². The zero-order chi connectivity index (χ0) is 22.0. The van der Waals surface area contributed by atoms with Crippen molar-refractivity contribution in [1.29, 1.82) is 0 Å². The normalized spacial score (nSPS) is 20.7. The lowest BCUT2D eigenvalue weighted by Crippen LogP contribution is -2.46. The van der Waals surface area contributed by atoms with Gasteiger partial charge in [0.15, 0.2) is 0 Å². The Morgan fingerprint density at radius 2 is 1.87 bits per heavy atom. The van der Waals surface area contributed by atoms with Crippen LogP contribution in [0, 0.1) is 0 Å². The van der Waals surface area contributed by atoms with E-state index in [1.54, 1.807) is 24.3 Å². The average Bonchev–Trinajstić information content (AvgIpc) is 3.23. The van der Waals surface area contributed by atoms with E-state index in [0.29, 0.717) is 17.9 Å². The van der Waals surface area contributed by atoms with Gasteiger partial charge in [-0.05, 0) is 37.1 Å². The van der Waals surface area contributed by atoms with Crippen LogP contribution >= 0.6 is 0 Å². The Morgan fingerprint density at radius 1 is 1.10 bits per heavy atom. The van der Waals surface area contributed by atoms with Gasteiger partial charge in [0.2, 0.25) is 0 Å². The van der Waals surface area contributed by atoms with E-state index in [2.05, 4.69) is 14.8 Å². The number of halogens is 4. The summed E-state index contributed by atoms with van der Waals surface area (Å²) in [5.74, 6) is -0.997. The maximum atomic E-state index is 13.3. The van der Waals surface area contributed by atoms with Gasteiger partial charge in [0.05, 0.1) is 11.7 Å². The second-order valence-corrected chi connectivity index (χ2v) is 7.14. The van der Waals surface area contributed by atoms with E-state index in [1.165, 1.54) is 17.0 Å². The molecule has 2 aromatic carbocycles.